The van der Waals surface area contributed by atoms with Crippen molar-refractivity contribution in [3.05, 3.63) is 29.3 Å². The number of esters is 1. The van der Waals surface area contributed by atoms with Gasteiger partial charge >= 0.3 is 5.97 Å². The first kappa shape index (κ1) is 16.5. The lowest BCUT2D eigenvalue weighted by Crippen LogP contribution is -3.14. The Balaban J connectivity index is 2.00. The van der Waals surface area contributed by atoms with Crippen molar-refractivity contribution >= 4 is 17.6 Å². The number of amides is 1. The van der Waals surface area contributed by atoms with E-state index in [2.05, 4.69) is 12.2 Å². The van der Waals surface area contributed by atoms with Crippen LogP contribution in [0.3, 0.4) is 0 Å². The summed E-state index contributed by atoms with van der Waals surface area (Å²) in [6.07, 6.45) is 2.44. The summed E-state index contributed by atoms with van der Waals surface area (Å²) in [7, 11) is 1.35. The van der Waals surface area contributed by atoms with E-state index in [0.29, 0.717) is 23.7 Å². The molecule has 1 amide bonds. The molecule has 0 bridgehead atoms. The van der Waals surface area contributed by atoms with Crippen LogP contribution in [0.1, 0.15) is 35.7 Å². The number of hydrogen-bond donors (Lipinski definition) is 2. The molecule has 0 spiro atoms. The van der Waals surface area contributed by atoms with Crippen molar-refractivity contribution in [3.8, 4) is 0 Å². The molecule has 0 aliphatic carbocycles. The van der Waals surface area contributed by atoms with Gasteiger partial charge in [-0.2, -0.15) is 0 Å². The summed E-state index contributed by atoms with van der Waals surface area (Å²) in [5, 5.41) is 2.92. The smallest absolute Gasteiger partial charge is 0.337 e. The number of aryl methyl sites for hydroxylation is 1. The van der Waals surface area contributed by atoms with Gasteiger partial charge in [0.25, 0.3) is 5.91 Å². The molecule has 5 heteroatoms. The van der Waals surface area contributed by atoms with Crippen LogP contribution in [0.5, 0.6) is 0 Å². The summed E-state index contributed by atoms with van der Waals surface area (Å²) in [4.78, 5) is 25.2. The molecule has 2 atom stereocenters. The number of hydrogen-bond acceptors (Lipinski definition) is 3. The van der Waals surface area contributed by atoms with E-state index in [4.69, 9.17) is 4.74 Å². The maximum absolute atomic E-state index is 12.2. The number of ether oxygens (including phenoxy) is 1. The predicted octanol–water partition coefficient (Wildman–Crippen LogP) is 1.03. The van der Waals surface area contributed by atoms with Gasteiger partial charge in [-0.05, 0) is 37.5 Å². The number of nitrogens with one attached hydrogen (secondary N) is 2. The van der Waals surface area contributed by atoms with Gasteiger partial charge in [0.15, 0.2) is 6.54 Å². The Kier molecular flexibility index (Phi) is 5.55. The first-order chi connectivity index (χ1) is 10.5. The average molecular weight is 305 g/mol. The van der Waals surface area contributed by atoms with E-state index in [9.17, 15) is 9.59 Å². The quantitative estimate of drug-likeness (QED) is 0.817. The molecular formula is C17H25N2O3+. The Bertz CT molecular complexity index is 557. The number of rotatable bonds is 4. The standard InChI is InChI=1S/C17H24N2O3/c1-12-5-4-8-19(10-12)11-16(20)18-15-9-14(17(21)22-3)7-6-13(15)2/h6-7,9,12H,4-5,8,10-11H2,1-3H3,(H,18,20)/p+1/t12-/m1/s1. The molecule has 1 fully saturated rings. The largest absolute Gasteiger partial charge is 0.465 e. The molecule has 1 aromatic carbocycles. The van der Waals surface area contributed by atoms with E-state index in [-0.39, 0.29) is 5.91 Å². The van der Waals surface area contributed by atoms with Crippen molar-refractivity contribution in [1.29, 1.82) is 0 Å². The van der Waals surface area contributed by atoms with E-state index in [1.165, 1.54) is 24.9 Å². The van der Waals surface area contributed by atoms with Crippen LogP contribution in [0.2, 0.25) is 0 Å². The summed E-state index contributed by atoms with van der Waals surface area (Å²) >= 11 is 0. The van der Waals surface area contributed by atoms with Crippen LogP contribution in [0.15, 0.2) is 18.2 Å². The first-order valence-electron chi connectivity index (χ1n) is 7.82. The van der Waals surface area contributed by atoms with Crippen LogP contribution >= 0.6 is 0 Å². The SMILES string of the molecule is COC(=O)c1ccc(C)c(NC(=O)C[NH+]2CCC[C@@H](C)C2)c1. The minimum Gasteiger partial charge on any atom is -0.465 e. The molecule has 1 saturated heterocycles. The molecule has 120 valence electrons. The molecule has 5 nitrogen and oxygen atoms in total. The second kappa shape index (κ2) is 7.40. The third kappa shape index (κ3) is 4.31. The van der Waals surface area contributed by atoms with Crippen molar-refractivity contribution in [2.75, 3.05) is 32.1 Å². The lowest BCUT2D eigenvalue weighted by Gasteiger charge is -2.27. The number of likely N-dealkylation sites (tertiary alicyclic amines) is 1. The van der Waals surface area contributed by atoms with E-state index >= 15 is 0 Å². The Morgan fingerprint density at radius 2 is 2.18 bits per heavy atom. The van der Waals surface area contributed by atoms with Crippen LogP contribution in [0.4, 0.5) is 5.69 Å². The van der Waals surface area contributed by atoms with Gasteiger partial charge in [0, 0.05) is 11.6 Å². The molecule has 1 aliphatic rings. The van der Waals surface area contributed by atoms with Gasteiger partial charge in [0.1, 0.15) is 0 Å². The molecule has 1 unspecified atom stereocenters. The van der Waals surface area contributed by atoms with Gasteiger partial charge in [-0.3, -0.25) is 4.79 Å². The second-order valence-electron chi connectivity index (χ2n) is 6.20. The van der Waals surface area contributed by atoms with Crippen molar-refractivity contribution in [2.45, 2.75) is 26.7 Å². The van der Waals surface area contributed by atoms with E-state index < -0.39 is 5.97 Å². The third-order valence-corrected chi connectivity index (χ3v) is 4.21. The van der Waals surface area contributed by atoms with E-state index in [1.54, 1.807) is 12.1 Å². The van der Waals surface area contributed by atoms with Gasteiger partial charge in [-0.25, -0.2) is 4.79 Å². The zero-order chi connectivity index (χ0) is 16.1. The molecule has 22 heavy (non-hydrogen) atoms. The van der Waals surface area contributed by atoms with Crippen molar-refractivity contribution in [2.24, 2.45) is 5.92 Å². The normalized spacial score (nSPS) is 21.2. The van der Waals surface area contributed by atoms with Crippen LogP contribution in [-0.4, -0.2) is 38.6 Å². The predicted molar refractivity (Wildman–Crippen MR) is 85.1 cm³/mol. The molecule has 0 saturated carbocycles. The maximum atomic E-state index is 12.2. The van der Waals surface area contributed by atoms with Crippen LogP contribution in [0.25, 0.3) is 0 Å². The molecule has 1 aliphatic heterocycles. The number of benzene rings is 1. The highest BCUT2D eigenvalue weighted by atomic mass is 16.5. The summed E-state index contributed by atoms with van der Waals surface area (Å²) in [6.45, 7) is 6.73. The number of carbonyl (C=O) groups excluding carboxylic acids is 2. The fraction of sp³-hybridized carbons (Fsp3) is 0.529. The van der Waals surface area contributed by atoms with Gasteiger partial charge in [-0.1, -0.05) is 13.0 Å². The van der Waals surface area contributed by atoms with Crippen molar-refractivity contribution in [3.63, 3.8) is 0 Å². The Labute approximate surface area is 131 Å². The summed E-state index contributed by atoms with van der Waals surface area (Å²) in [5.41, 5.74) is 2.06. The molecular weight excluding hydrogens is 280 g/mol. The minimum absolute atomic E-state index is 0.00536. The van der Waals surface area contributed by atoms with Crippen molar-refractivity contribution in [1.82, 2.24) is 0 Å². The zero-order valence-corrected chi connectivity index (χ0v) is 13.6. The van der Waals surface area contributed by atoms with E-state index in [0.717, 1.165) is 18.7 Å². The highest BCUT2D eigenvalue weighted by molar-refractivity contribution is 5.95. The van der Waals surface area contributed by atoms with Gasteiger partial charge in [-0.15, -0.1) is 0 Å². The van der Waals surface area contributed by atoms with Gasteiger partial charge in [0.2, 0.25) is 0 Å². The summed E-state index contributed by atoms with van der Waals surface area (Å²) in [5.74, 6) is 0.279. The lowest BCUT2D eigenvalue weighted by molar-refractivity contribution is -0.900. The molecule has 2 rings (SSSR count). The highest BCUT2D eigenvalue weighted by Crippen LogP contribution is 2.17. The highest BCUT2D eigenvalue weighted by Gasteiger charge is 2.22. The Morgan fingerprint density at radius 1 is 1.41 bits per heavy atom. The number of quaternary nitrogens is 1. The topological polar surface area (TPSA) is 59.8 Å². The summed E-state index contributed by atoms with van der Waals surface area (Å²) in [6, 6.07) is 5.19. The van der Waals surface area contributed by atoms with Crippen molar-refractivity contribution < 1.29 is 19.2 Å². The number of anilines is 1. The number of methoxy groups -OCH3 is 1. The minimum atomic E-state index is -0.397. The maximum Gasteiger partial charge on any atom is 0.337 e. The monoisotopic (exact) mass is 305 g/mol. The molecule has 1 heterocycles. The Morgan fingerprint density at radius 3 is 2.86 bits per heavy atom. The van der Waals surface area contributed by atoms with Gasteiger partial charge < -0.3 is 15.0 Å². The van der Waals surface area contributed by atoms with Crippen LogP contribution in [0, 0.1) is 12.8 Å². The van der Waals surface area contributed by atoms with Crippen LogP contribution < -0.4 is 10.2 Å². The second-order valence-corrected chi connectivity index (χ2v) is 6.20. The molecule has 0 aromatic heterocycles. The van der Waals surface area contributed by atoms with E-state index in [1.807, 2.05) is 13.0 Å². The average Bonchev–Trinajstić information content (AvgIpc) is 2.48. The number of carbonyl (C=O) groups is 2. The fourth-order valence-corrected chi connectivity index (χ4v) is 2.98. The van der Waals surface area contributed by atoms with Gasteiger partial charge in [0.05, 0.1) is 25.8 Å². The molecule has 1 aromatic rings. The lowest BCUT2D eigenvalue weighted by atomic mass is 10.0. The fourth-order valence-electron chi connectivity index (χ4n) is 2.98. The zero-order valence-electron chi connectivity index (χ0n) is 13.6. The third-order valence-electron chi connectivity index (χ3n) is 4.21. The molecule has 2 N–H and O–H groups in total. The molecule has 0 radical (unpaired) electrons. The summed E-state index contributed by atoms with van der Waals surface area (Å²) < 4.78 is 4.71. The van der Waals surface area contributed by atoms with Crippen LogP contribution in [-0.2, 0) is 9.53 Å². The first-order valence-corrected chi connectivity index (χ1v) is 7.82. The number of piperidine rings is 1. The Hall–Kier alpha value is -1.88.